The molecule has 0 aliphatic carbocycles. The Kier molecular flexibility index (Phi) is 6.70. The number of carbonyl (C=O) groups excluding carboxylic acids is 1. The Morgan fingerprint density at radius 3 is 2.59 bits per heavy atom. The highest BCUT2D eigenvalue weighted by Crippen LogP contribution is 2.28. The standard InChI is InChI=1S/C29H25N7O/c1-19-28(36-17-5-4-6-27(36)33-19)23-12-14-26(35-29(37)20(2)30-3)34-25(23)13-9-21-7-10-22(11-8-21)24-15-16-31-18-32-24/h4-8,10-12,14-18,20,30H,1-3H3,(H,34,35,37). The van der Waals surface area contributed by atoms with Gasteiger partial charge in [0.1, 0.15) is 23.5 Å². The van der Waals surface area contributed by atoms with Gasteiger partial charge in [0.25, 0.3) is 0 Å². The van der Waals surface area contributed by atoms with Gasteiger partial charge in [-0.2, -0.15) is 0 Å². The molecule has 5 aromatic rings. The van der Waals surface area contributed by atoms with Gasteiger partial charge in [-0.05, 0) is 69.3 Å². The highest BCUT2D eigenvalue weighted by molar-refractivity contribution is 5.94. The second-order valence-electron chi connectivity index (χ2n) is 8.49. The van der Waals surface area contributed by atoms with Crippen LogP contribution in [0.2, 0.25) is 0 Å². The summed E-state index contributed by atoms with van der Waals surface area (Å²) in [5.41, 5.74) is 6.66. The number of aryl methyl sites for hydroxylation is 1. The number of aromatic nitrogens is 5. The minimum Gasteiger partial charge on any atom is -0.309 e. The summed E-state index contributed by atoms with van der Waals surface area (Å²) in [4.78, 5) is 30.1. The highest BCUT2D eigenvalue weighted by Gasteiger charge is 2.17. The number of nitrogens with zero attached hydrogens (tertiary/aromatic N) is 5. The first kappa shape index (κ1) is 23.9. The van der Waals surface area contributed by atoms with E-state index in [4.69, 9.17) is 9.97 Å². The Hall–Kier alpha value is -4.87. The maximum atomic E-state index is 12.5. The van der Waals surface area contributed by atoms with E-state index in [1.54, 1.807) is 26.2 Å². The number of pyridine rings is 2. The Bertz CT molecular complexity index is 1630. The molecule has 0 aliphatic heterocycles. The molecule has 1 unspecified atom stereocenters. The smallest absolute Gasteiger partial charge is 0.242 e. The lowest BCUT2D eigenvalue weighted by Gasteiger charge is -2.12. The van der Waals surface area contributed by atoms with Crippen molar-refractivity contribution in [1.82, 2.24) is 29.7 Å². The van der Waals surface area contributed by atoms with Crippen LogP contribution in [0.15, 0.2) is 79.4 Å². The fourth-order valence-corrected chi connectivity index (χ4v) is 3.94. The average Bonchev–Trinajstić information content (AvgIpc) is 3.27. The molecule has 0 aliphatic rings. The number of amides is 1. The summed E-state index contributed by atoms with van der Waals surface area (Å²) in [6.07, 6.45) is 5.22. The minimum atomic E-state index is -0.356. The molecule has 0 spiro atoms. The third-order valence-electron chi connectivity index (χ3n) is 6.02. The van der Waals surface area contributed by atoms with Gasteiger partial charge in [-0.25, -0.2) is 19.9 Å². The van der Waals surface area contributed by atoms with E-state index in [1.807, 2.05) is 72.1 Å². The Labute approximate surface area is 214 Å². The normalized spacial score (nSPS) is 11.5. The van der Waals surface area contributed by atoms with Gasteiger partial charge in [-0.1, -0.05) is 24.1 Å². The fourth-order valence-electron chi connectivity index (χ4n) is 3.94. The zero-order valence-electron chi connectivity index (χ0n) is 20.7. The number of benzene rings is 1. The van der Waals surface area contributed by atoms with Crippen LogP contribution in [0.3, 0.4) is 0 Å². The van der Waals surface area contributed by atoms with Crippen molar-refractivity contribution in [2.75, 3.05) is 12.4 Å². The molecule has 0 saturated heterocycles. The number of hydrogen-bond acceptors (Lipinski definition) is 6. The van der Waals surface area contributed by atoms with E-state index < -0.39 is 0 Å². The molecule has 2 N–H and O–H groups in total. The second-order valence-corrected chi connectivity index (χ2v) is 8.49. The third-order valence-corrected chi connectivity index (χ3v) is 6.02. The lowest BCUT2D eigenvalue weighted by atomic mass is 10.1. The van der Waals surface area contributed by atoms with Crippen LogP contribution < -0.4 is 10.6 Å². The summed E-state index contributed by atoms with van der Waals surface area (Å²) in [6.45, 7) is 3.76. The summed E-state index contributed by atoms with van der Waals surface area (Å²) >= 11 is 0. The molecule has 5 rings (SSSR count). The molecular weight excluding hydrogens is 462 g/mol. The molecule has 0 radical (unpaired) electrons. The molecule has 1 atom stereocenters. The number of imidazole rings is 1. The first-order chi connectivity index (χ1) is 18.0. The van der Waals surface area contributed by atoms with E-state index in [0.29, 0.717) is 11.5 Å². The molecule has 182 valence electrons. The van der Waals surface area contributed by atoms with Gasteiger partial charge < -0.3 is 10.6 Å². The van der Waals surface area contributed by atoms with Gasteiger partial charge in [-0.3, -0.25) is 9.20 Å². The third kappa shape index (κ3) is 5.08. The van der Waals surface area contributed by atoms with Crippen LogP contribution in [0.1, 0.15) is 23.9 Å². The second kappa shape index (κ2) is 10.4. The zero-order chi connectivity index (χ0) is 25.8. The maximum Gasteiger partial charge on any atom is 0.242 e. The van der Waals surface area contributed by atoms with Crippen LogP contribution >= 0.6 is 0 Å². The quantitative estimate of drug-likeness (QED) is 0.362. The number of fused-ring (bicyclic) bond motifs is 1. The van der Waals surface area contributed by atoms with Crippen LogP contribution in [-0.2, 0) is 4.79 Å². The van der Waals surface area contributed by atoms with Gasteiger partial charge in [0.2, 0.25) is 5.91 Å². The lowest BCUT2D eigenvalue weighted by Crippen LogP contribution is -2.35. The van der Waals surface area contributed by atoms with Crippen molar-refractivity contribution in [2.45, 2.75) is 19.9 Å². The largest absolute Gasteiger partial charge is 0.309 e. The van der Waals surface area contributed by atoms with E-state index in [0.717, 1.165) is 39.4 Å². The molecule has 8 heteroatoms. The number of carbonyl (C=O) groups is 1. The lowest BCUT2D eigenvalue weighted by molar-refractivity contribution is -0.117. The van der Waals surface area contributed by atoms with Crippen LogP contribution in [0.5, 0.6) is 0 Å². The Morgan fingerprint density at radius 1 is 1.00 bits per heavy atom. The maximum absolute atomic E-state index is 12.5. The number of nitrogens with one attached hydrogen (secondary N) is 2. The topological polar surface area (TPSA) is 97.1 Å². The Morgan fingerprint density at radius 2 is 1.84 bits per heavy atom. The fraction of sp³-hybridized carbons (Fsp3) is 0.138. The van der Waals surface area contributed by atoms with E-state index >= 15 is 0 Å². The number of likely N-dealkylation sites (N-methyl/N-ethyl adjacent to an activating group) is 1. The molecule has 8 nitrogen and oxygen atoms in total. The first-order valence-corrected chi connectivity index (χ1v) is 11.8. The molecule has 37 heavy (non-hydrogen) atoms. The van der Waals surface area contributed by atoms with Crippen molar-refractivity contribution in [1.29, 1.82) is 0 Å². The van der Waals surface area contributed by atoms with E-state index in [9.17, 15) is 4.79 Å². The summed E-state index contributed by atoms with van der Waals surface area (Å²) in [6, 6.07) is 19.0. The van der Waals surface area contributed by atoms with E-state index in [-0.39, 0.29) is 11.9 Å². The van der Waals surface area contributed by atoms with Crippen molar-refractivity contribution in [3.63, 3.8) is 0 Å². The molecule has 1 aromatic carbocycles. The number of anilines is 1. The van der Waals surface area contributed by atoms with Crippen LogP contribution in [0, 0.1) is 18.8 Å². The highest BCUT2D eigenvalue weighted by atomic mass is 16.2. The molecular formula is C29H25N7O. The van der Waals surface area contributed by atoms with E-state index in [2.05, 4.69) is 32.4 Å². The van der Waals surface area contributed by atoms with Crippen LogP contribution in [0.4, 0.5) is 5.82 Å². The first-order valence-electron chi connectivity index (χ1n) is 11.8. The van der Waals surface area contributed by atoms with Gasteiger partial charge in [0.05, 0.1) is 23.1 Å². The number of hydrogen-bond donors (Lipinski definition) is 2. The van der Waals surface area contributed by atoms with Crippen molar-refractivity contribution in [3.8, 4) is 34.4 Å². The number of rotatable bonds is 5. The Balaban J connectivity index is 1.56. The average molecular weight is 488 g/mol. The predicted octanol–water partition coefficient (Wildman–Crippen LogP) is 4.11. The van der Waals surface area contributed by atoms with E-state index in [1.165, 1.54) is 6.33 Å². The summed E-state index contributed by atoms with van der Waals surface area (Å²) in [5, 5.41) is 5.80. The monoisotopic (exact) mass is 487 g/mol. The summed E-state index contributed by atoms with van der Waals surface area (Å²) in [7, 11) is 1.74. The van der Waals surface area contributed by atoms with Crippen LogP contribution in [-0.4, -0.2) is 43.3 Å². The molecule has 0 fully saturated rings. The van der Waals surface area contributed by atoms with Crippen molar-refractivity contribution in [3.05, 3.63) is 96.3 Å². The van der Waals surface area contributed by atoms with Gasteiger partial charge in [-0.15, -0.1) is 0 Å². The molecule has 0 bridgehead atoms. The molecule has 1 amide bonds. The van der Waals surface area contributed by atoms with Crippen molar-refractivity contribution >= 4 is 17.4 Å². The van der Waals surface area contributed by atoms with Gasteiger partial charge >= 0.3 is 0 Å². The summed E-state index contributed by atoms with van der Waals surface area (Å²) < 4.78 is 2.02. The van der Waals surface area contributed by atoms with Crippen molar-refractivity contribution in [2.24, 2.45) is 0 Å². The SMILES string of the molecule is CNC(C)C(=O)Nc1ccc(-c2c(C)nc3ccccn23)c(C#Cc2ccc(-c3ccncn3)cc2)n1. The minimum absolute atomic E-state index is 0.173. The van der Waals surface area contributed by atoms with Gasteiger partial charge in [0.15, 0.2) is 0 Å². The predicted molar refractivity (Wildman–Crippen MR) is 144 cm³/mol. The molecule has 4 aromatic heterocycles. The van der Waals surface area contributed by atoms with Gasteiger partial charge in [0, 0.05) is 29.1 Å². The molecule has 4 heterocycles. The zero-order valence-corrected chi connectivity index (χ0v) is 20.7. The molecule has 0 saturated carbocycles. The van der Waals surface area contributed by atoms with Crippen LogP contribution in [0.25, 0.3) is 28.2 Å². The summed E-state index contributed by atoms with van der Waals surface area (Å²) in [5.74, 6) is 6.72. The van der Waals surface area contributed by atoms with Crippen molar-refractivity contribution < 1.29 is 4.79 Å².